The topological polar surface area (TPSA) is 80.1 Å². The molecule has 0 saturated heterocycles. The molecule has 0 radical (unpaired) electrons. The van der Waals surface area contributed by atoms with Gasteiger partial charge in [0.05, 0.1) is 22.9 Å². The van der Waals surface area contributed by atoms with Gasteiger partial charge in [-0.05, 0) is 29.8 Å². The zero-order valence-electron chi connectivity index (χ0n) is 15.8. The molecule has 0 unspecified atom stereocenters. The molecule has 0 saturated carbocycles. The molecule has 0 bridgehead atoms. The lowest BCUT2D eigenvalue weighted by Gasteiger charge is -2.16. The summed E-state index contributed by atoms with van der Waals surface area (Å²) in [6.07, 6.45) is 3.22. The number of fused-ring (bicyclic) bond motifs is 1. The number of para-hydroxylation sites is 2. The molecule has 29 heavy (non-hydrogen) atoms. The van der Waals surface area contributed by atoms with Crippen LogP contribution in [0.2, 0.25) is 0 Å². The van der Waals surface area contributed by atoms with Gasteiger partial charge in [-0.3, -0.25) is 14.2 Å². The van der Waals surface area contributed by atoms with Crippen molar-refractivity contribution in [1.82, 2.24) is 19.4 Å². The predicted octanol–water partition coefficient (Wildman–Crippen LogP) is 3.02. The maximum Gasteiger partial charge on any atom is 0.313 e. The Kier molecular flexibility index (Phi) is 5.03. The number of carbonyl (C=O) groups excluding carboxylic acids is 2. The smallest absolute Gasteiger partial charge is 0.313 e. The van der Waals surface area contributed by atoms with Crippen LogP contribution in [-0.2, 0) is 16.1 Å². The highest BCUT2D eigenvalue weighted by Crippen LogP contribution is 2.17. The highest BCUT2D eigenvalue weighted by atomic mass is 16.2. The molecule has 4 aromatic rings. The van der Waals surface area contributed by atoms with Gasteiger partial charge >= 0.3 is 11.8 Å². The fourth-order valence-electron chi connectivity index (χ4n) is 3.03. The molecule has 1 N–H and O–H groups in total. The number of rotatable bonds is 4. The van der Waals surface area contributed by atoms with E-state index in [0.29, 0.717) is 18.1 Å². The second kappa shape index (κ2) is 7.93. The van der Waals surface area contributed by atoms with E-state index < -0.39 is 11.8 Å². The summed E-state index contributed by atoms with van der Waals surface area (Å²) in [5.74, 6) is -0.645. The van der Waals surface area contributed by atoms with Crippen LogP contribution in [0.25, 0.3) is 16.9 Å². The Morgan fingerprint density at radius 2 is 1.72 bits per heavy atom. The number of anilines is 1. The molecular formula is C22H19N5O2. The Hall–Kier alpha value is -4.00. The standard InChI is InChI=1S/C22H19N5O2/c1-26(14-16-7-3-2-4-8-16)22(29)21(28)25-17-11-12-20(23-13-17)27-15-24-18-9-5-6-10-19(18)27/h2-13,15H,14H2,1H3,(H,25,28). The van der Waals surface area contributed by atoms with Crippen molar-refractivity contribution in [3.8, 4) is 5.82 Å². The van der Waals surface area contributed by atoms with Crippen LogP contribution in [0.3, 0.4) is 0 Å². The van der Waals surface area contributed by atoms with Crippen LogP contribution in [0.4, 0.5) is 5.69 Å². The Labute approximate surface area is 167 Å². The molecule has 0 aliphatic rings. The van der Waals surface area contributed by atoms with E-state index in [1.165, 1.54) is 11.1 Å². The fourth-order valence-corrected chi connectivity index (χ4v) is 3.03. The molecule has 0 fully saturated rings. The summed E-state index contributed by atoms with van der Waals surface area (Å²) in [7, 11) is 1.60. The van der Waals surface area contributed by atoms with Gasteiger partial charge in [0.25, 0.3) is 0 Å². The number of nitrogens with zero attached hydrogens (tertiary/aromatic N) is 4. The molecule has 2 amide bonds. The van der Waals surface area contributed by atoms with Crippen LogP contribution >= 0.6 is 0 Å². The van der Waals surface area contributed by atoms with Crippen molar-refractivity contribution in [2.45, 2.75) is 6.54 Å². The molecule has 0 aliphatic carbocycles. The monoisotopic (exact) mass is 385 g/mol. The quantitative estimate of drug-likeness (QED) is 0.548. The summed E-state index contributed by atoms with van der Waals surface area (Å²) in [6.45, 7) is 0.359. The first kappa shape index (κ1) is 18.4. The number of benzene rings is 2. The van der Waals surface area contributed by atoms with Crippen molar-refractivity contribution < 1.29 is 9.59 Å². The summed E-state index contributed by atoms with van der Waals surface area (Å²) in [6, 6.07) is 20.7. The highest BCUT2D eigenvalue weighted by molar-refractivity contribution is 6.39. The first-order chi connectivity index (χ1) is 14.1. The third-order valence-corrected chi connectivity index (χ3v) is 4.51. The van der Waals surface area contributed by atoms with Crippen molar-refractivity contribution in [2.75, 3.05) is 12.4 Å². The molecule has 2 aromatic heterocycles. The Morgan fingerprint density at radius 1 is 0.966 bits per heavy atom. The van der Waals surface area contributed by atoms with Gasteiger partial charge in [0, 0.05) is 13.6 Å². The highest BCUT2D eigenvalue weighted by Gasteiger charge is 2.19. The van der Waals surface area contributed by atoms with Crippen molar-refractivity contribution in [2.24, 2.45) is 0 Å². The lowest BCUT2D eigenvalue weighted by Crippen LogP contribution is -2.36. The van der Waals surface area contributed by atoms with Crippen molar-refractivity contribution in [1.29, 1.82) is 0 Å². The normalized spacial score (nSPS) is 10.7. The maximum absolute atomic E-state index is 12.3. The summed E-state index contributed by atoms with van der Waals surface area (Å²) in [5, 5.41) is 2.60. The largest absolute Gasteiger partial charge is 0.333 e. The Bertz CT molecular complexity index is 1150. The van der Waals surface area contributed by atoms with Gasteiger partial charge in [-0.2, -0.15) is 0 Å². The lowest BCUT2D eigenvalue weighted by atomic mass is 10.2. The zero-order chi connectivity index (χ0) is 20.2. The van der Waals surface area contributed by atoms with Gasteiger partial charge in [0.2, 0.25) is 0 Å². The van der Waals surface area contributed by atoms with Gasteiger partial charge in [0.1, 0.15) is 12.1 Å². The van der Waals surface area contributed by atoms with Crippen LogP contribution in [-0.4, -0.2) is 38.3 Å². The molecular weight excluding hydrogens is 366 g/mol. The number of pyridine rings is 1. The molecule has 2 aromatic carbocycles. The third kappa shape index (κ3) is 3.98. The third-order valence-electron chi connectivity index (χ3n) is 4.51. The van der Waals surface area contributed by atoms with E-state index in [1.807, 2.05) is 59.2 Å². The van der Waals surface area contributed by atoms with E-state index in [2.05, 4.69) is 15.3 Å². The molecule has 2 heterocycles. The SMILES string of the molecule is CN(Cc1ccccc1)C(=O)C(=O)Nc1ccc(-n2cnc3ccccc32)nc1. The van der Waals surface area contributed by atoms with Crippen LogP contribution in [0.5, 0.6) is 0 Å². The van der Waals surface area contributed by atoms with Crippen LogP contribution in [0, 0.1) is 0 Å². The van der Waals surface area contributed by atoms with Gasteiger partial charge in [0.15, 0.2) is 0 Å². The van der Waals surface area contributed by atoms with Gasteiger partial charge in [-0.1, -0.05) is 42.5 Å². The van der Waals surface area contributed by atoms with Crippen molar-refractivity contribution >= 4 is 28.5 Å². The number of hydrogen-bond acceptors (Lipinski definition) is 4. The van der Waals surface area contributed by atoms with E-state index in [9.17, 15) is 9.59 Å². The summed E-state index contributed by atoms with van der Waals surface area (Å²) in [5.41, 5.74) is 3.22. The number of nitrogens with one attached hydrogen (secondary N) is 1. The molecule has 7 nitrogen and oxygen atoms in total. The predicted molar refractivity (Wildman–Crippen MR) is 110 cm³/mol. The van der Waals surface area contributed by atoms with Crippen LogP contribution < -0.4 is 5.32 Å². The first-order valence-corrected chi connectivity index (χ1v) is 9.11. The van der Waals surface area contributed by atoms with Crippen molar-refractivity contribution in [3.63, 3.8) is 0 Å². The minimum Gasteiger partial charge on any atom is -0.333 e. The fraction of sp³-hybridized carbons (Fsp3) is 0.0909. The average molecular weight is 385 g/mol. The van der Waals surface area contributed by atoms with Crippen LogP contribution in [0.1, 0.15) is 5.56 Å². The van der Waals surface area contributed by atoms with Gasteiger partial charge in [-0.15, -0.1) is 0 Å². The van der Waals surface area contributed by atoms with Crippen LogP contribution in [0.15, 0.2) is 79.3 Å². The number of hydrogen-bond donors (Lipinski definition) is 1. The number of imidazole rings is 1. The van der Waals surface area contributed by atoms with E-state index in [0.717, 1.165) is 16.6 Å². The Balaban J connectivity index is 1.43. The minimum absolute atomic E-state index is 0.359. The average Bonchev–Trinajstić information content (AvgIpc) is 3.18. The lowest BCUT2D eigenvalue weighted by molar-refractivity contribution is -0.142. The second-order valence-corrected chi connectivity index (χ2v) is 6.61. The summed E-state index contributed by atoms with van der Waals surface area (Å²) >= 11 is 0. The van der Waals surface area contributed by atoms with E-state index in [-0.39, 0.29) is 0 Å². The van der Waals surface area contributed by atoms with E-state index in [1.54, 1.807) is 25.5 Å². The van der Waals surface area contributed by atoms with Crippen molar-refractivity contribution in [3.05, 3.63) is 84.8 Å². The minimum atomic E-state index is -0.703. The Morgan fingerprint density at radius 3 is 2.48 bits per heavy atom. The molecule has 0 atom stereocenters. The molecule has 0 aliphatic heterocycles. The van der Waals surface area contributed by atoms with Gasteiger partial charge < -0.3 is 10.2 Å². The van der Waals surface area contributed by atoms with E-state index >= 15 is 0 Å². The van der Waals surface area contributed by atoms with Gasteiger partial charge in [-0.25, -0.2) is 9.97 Å². The number of amides is 2. The number of likely N-dealkylation sites (N-methyl/N-ethyl adjacent to an activating group) is 1. The molecule has 144 valence electrons. The number of carbonyl (C=O) groups is 2. The maximum atomic E-state index is 12.3. The second-order valence-electron chi connectivity index (χ2n) is 6.61. The molecule has 4 rings (SSSR count). The van der Waals surface area contributed by atoms with E-state index in [4.69, 9.17) is 0 Å². The summed E-state index contributed by atoms with van der Waals surface area (Å²) < 4.78 is 1.86. The summed E-state index contributed by atoms with van der Waals surface area (Å²) in [4.78, 5) is 34.7. The molecule has 0 spiro atoms. The first-order valence-electron chi connectivity index (χ1n) is 9.11. The molecule has 7 heteroatoms. The number of aromatic nitrogens is 3. The zero-order valence-corrected chi connectivity index (χ0v) is 15.8.